The van der Waals surface area contributed by atoms with Crippen molar-refractivity contribution >= 4 is 5.97 Å². The molecule has 0 aliphatic carbocycles. The lowest BCUT2D eigenvalue weighted by Gasteiger charge is -1.89. The molecular weight excluding hydrogens is 172 g/mol. The number of carbonyl (C=O) groups is 1. The fraction of sp³-hybridized carbons (Fsp3) is 0.143. The Labute approximate surface area is 73.7 Å². The summed E-state index contributed by atoms with van der Waals surface area (Å²) in [5.41, 5.74) is 0. The van der Waals surface area contributed by atoms with Crippen molar-refractivity contribution in [3.05, 3.63) is 24.3 Å². The van der Waals surface area contributed by atoms with E-state index >= 15 is 0 Å². The second-order valence-corrected chi connectivity index (χ2v) is 2.14. The maximum absolute atomic E-state index is 10.1. The third-order valence-electron chi connectivity index (χ3n) is 1.19. The van der Waals surface area contributed by atoms with E-state index < -0.39 is 5.97 Å². The summed E-state index contributed by atoms with van der Waals surface area (Å²) in [7, 11) is 0. The van der Waals surface area contributed by atoms with Gasteiger partial charge in [0.1, 0.15) is 12.4 Å². The highest BCUT2D eigenvalue weighted by Gasteiger charge is 1.95. The standard InChI is InChI=1S/C7H6N4O2/c8-4-6-9-5-11(10-6)3-1-2-7(12)13/h1-2,5H,3H2,(H,12,13). The minimum atomic E-state index is -1.01. The fourth-order valence-electron chi connectivity index (χ4n) is 0.695. The summed E-state index contributed by atoms with van der Waals surface area (Å²) in [4.78, 5) is 13.7. The molecule has 0 saturated heterocycles. The summed E-state index contributed by atoms with van der Waals surface area (Å²) in [6.45, 7) is 0.293. The predicted molar refractivity (Wildman–Crippen MR) is 41.5 cm³/mol. The molecule has 0 saturated carbocycles. The molecule has 1 N–H and O–H groups in total. The number of nitrogens with zero attached hydrogens (tertiary/aromatic N) is 4. The number of hydrogen-bond acceptors (Lipinski definition) is 4. The van der Waals surface area contributed by atoms with Gasteiger partial charge in [-0.05, 0) is 0 Å². The van der Waals surface area contributed by atoms with Gasteiger partial charge in [-0.25, -0.2) is 14.5 Å². The summed E-state index contributed by atoms with van der Waals surface area (Å²) < 4.78 is 1.37. The van der Waals surface area contributed by atoms with E-state index in [9.17, 15) is 4.79 Å². The molecule has 66 valence electrons. The van der Waals surface area contributed by atoms with E-state index in [4.69, 9.17) is 10.4 Å². The predicted octanol–water partition coefficient (Wildman–Crippen LogP) is -0.209. The van der Waals surface area contributed by atoms with Crippen LogP contribution in [0, 0.1) is 11.3 Å². The van der Waals surface area contributed by atoms with Crippen LogP contribution in [0.25, 0.3) is 0 Å². The molecule has 0 aliphatic rings. The normalized spacial score (nSPS) is 10.1. The summed E-state index contributed by atoms with van der Waals surface area (Å²) in [6.07, 6.45) is 3.79. The number of carboxylic acid groups (broad SMARTS) is 1. The Morgan fingerprint density at radius 1 is 1.85 bits per heavy atom. The van der Waals surface area contributed by atoms with Gasteiger partial charge in [0.25, 0.3) is 5.82 Å². The molecule has 0 bridgehead atoms. The summed E-state index contributed by atoms with van der Waals surface area (Å²) in [6, 6.07) is 1.76. The molecule has 0 radical (unpaired) electrons. The van der Waals surface area contributed by atoms with Crippen molar-refractivity contribution in [2.75, 3.05) is 0 Å². The summed E-state index contributed by atoms with van der Waals surface area (Å²) >= 11 is 0. The van der Waals surface area contributed by atoms with Crippen molar-refractivity contribution in [3.63, 3.8) is 0 Å². The Bertz CT molecular complexity index is 374. The van der Waals surface area contributed by atoms with E-state index in [0.717, 1.165) is 6.08 Å². The fourth-order valence-corrected chi connectivity index (χ4v) is 0.695. The Morgan fingerprint density at radius 3 is 3.15 bits per heavy atom. The van der Waals surface area contributed by atoms with Gasteiger partial charge in [0.05, 0.1) is 6.54 Å². The first-order chi connectivity index (χ1) is 6.22. The third-order valence-corrected chi connectivity index (χ3v) is 1.19. The van der Waals surface area contributed by atoms with Gasteiger partial charge >= 0.3 is 5.97 Å². The van der Waals surface area contributed by atoms with E-state index in [1.165, 1.54) is 17.1 Å². The molecule has 1 rings (SSSR count). The number of carboxylic acids is 1. The molecule has 1 heterocycles. The largest absolute Gasteiger partial charge is 0.478 e. The van der Waals surface area contributed by atoms with Crippen LogP contribution in [0.1, 0.15) is 5.82 Å². The zero-order chi connectivity index (χ0) is 9.68. The smallest absolute Gasteiger partial charge is 0.328 e. The van der Waals surface area contributed by atoms with Gasteiger partial charge < -0.3 is 5.11 Å². The quantitative estimate of drug-likeness (QED) is 0.646. The lowest BCUT2D eigenvalue weighted by Crippen LogP contribution is -1.97. The van der Waals surface area contributed by atoms with Crippen LogP contribution in [-0.4, -0.2) is 25.8 Å². The van der Waals surface area contributed by atoms with Gasteiger partial charge in [0, 0.05) is 6.08 Å². The minimum Gasteiger partial charge on any atom is -0.478 e. The molecule has 0 amide bonds. The zero-order valence-corrected chi connectivity index (χ0v) is 6.58. The molecule has 0 aromatic carbocycles. The van der Waals surface area contributed by atoms with Crippen LogP contribution in [0.15, 0.2) is 18.5 Å². The molecule has 0 atom stereocenters. The SMILES string of the molecule is N#Cc1ncn(CC=CC(=O)O)n1. The molecule has 0 unspecified atom stereocenters. The Balaban J connectivity index is 2.56. The second-order valence-electron chi connectivity index (χ2n) is 2.14. The maximum Gasteiger partial charge on any atom is 0.328 e. The van der Waals surface area contributed by atoms with E-state index in [0.29, 0.717) is 6.54 Å². The van der Waals surface area contributed by atoms with Gasteiger partial charge in [0.15, 0.2) is 0 Å². The number of hydrogen-bond donors (Lipinski definition) is 1. The molecule has 0 fully saturated rings. The minimum absolute atomic E-state index is 0.0729. The number of nitriles is 1. The lowest BCUT2D eigenvalue weighted by molar-refractivity contribution is -0.131. The first-order valence-electron chi connectivity index (χ1n) is 3.41. The molecule has 6 heteroatoms. The Hall–Kier alpha value is -2.16. The Kier molecular flexibility index (Phi) is 2.76. The van der Waals surface area contributed by atoms with Crippen molar-refractivity contribution in [2.24, 2.45) is 0 Å². The van der Waals surface area contributed by atoms with Crippen molar-refractivity contribution in [1.82, 2.24) is 14.8 Å². The van der Waals surface area contributed by atoms with Gasteiger partial charge in [-0.15, -0.1) is 5.10 Å². The highest BCUT2D eigenvalue weighted by molar-refractivity contribution is 5.79. The molecule has 1 aromatic rings. The second kappa shape index (κ2) is 4.01. The van der Waals surface area contributed by atoms with Crippen LogP contribution in [0.5, 0.6) is 0 Å². The van der Waals surface area contributed by atoms with Crippen molar-refractivity contribution < 1.29 is 9.90 Å². The van der Waals surface area contributed by atoms with Crippen molar-refractivity contribution in [3.8, 4) is 6.07 Å². The third kappa shape index (κ3) is 2.75. The summed E-state index contributed by atoms with van der Waals surface area (Å²) in [5.74, 6) is -0.940. The summed E-state index contributed by atoms with van der Waals surface area (Å²) in [5, 5.41) is 20.3. The van der Waals surface area contributed by atoms with Crippen molar-refractivity contribution in [2.45, 2.75) is 6.54 Å². The highest BCUT2D eigenvalue weighted by atomic mass is 16.4. The molecule has 0 spiro atoms. The number of allylic oxidation sites excluding steroid dienone is 1. The molecule has 0 aliphatic heterocycles. The first-order valence-corrected chi connectivity index (χ1v) is 3.41. The van der Waals surface area contributed by atoms with Gasteiger partial charge in [-0.1, -0.05) is 6.08 Å². The van der Waals surface area contributed by atoms with E-state index in [1.807, 2.05) is 0 Å². The van der Waals surface area contributed by atoms with E-state index in [1.54, 1.807) is 6.07 Å². The van der Waals surface area contributed by atoms with Crippen molar-refractivity contribution in [1.29, 1.82) is 5.26 Å². The van der Waals surface area contributed by atoms with Gasteiger partial charge in [0.2, 0.25) is 0 Å². The monoisotopic (exact) mass is 178 g/mol. The number of aromatic nitrogens is 3. The van der Waals surface area contributed by atoms with Crippen LogP contribution in [0.4, 0.5) is 0 Å². The van der Waals surface area contributed by atoms with E-state index in [-0.39, 0.29) is 5.82 Å². The Morgan fingerprint density at radius 2 is 2.62 bits per heavy atom. The molecule has 13 heavy (non-hydrogen) atoms. The van der Waals surface area contributed by atoms with Crippen LogP contribution in [0.3, 0.4) is 0 Å². The topological polar surface area (TPSA) is 91.8 Å². The maximum atomic E-state index is 10.1. The zero-order valence-electron chi connectivity index (χ0n) is 6.58. The average Bonchev–Trinajstić information content (AvgIpc) is 2.52. The number of aliphatic carboxylic acids is 1. The van der Waals surface area contributed by atoms with Crippen LogP contribution >= 0.6 is 0 Å². The average molecular weight is 178 g/mol. The lowest BCUT2D eigenvalue weighted by atomic mass is 10.5. The van der Waals surface area contributed by atoms with Gasteiger partial charge in [-0.3, -0.25) is 0 Å². The molecule has 1 aromatic heterocycles. The number of rotatable bonds is 3. The molecular formula is C7H6N4O2. The first kappa shape index (κ1) is 8.93. The van der Waals surface area contributed by atoms with Gasteiger partial charge in [-0.2, -0.15) is 5.26 Å². The van der Waals surface area contributed by atoms with Crippen LogP contribution in [-0.2, 0) is 11.3 Å². The highest BCUT2D eigenvalue weighted by Crippen LogP contribution is 1.87. The van der Waals surface area contributed by atoms with Crippen LogP contribution < -0.4 is 0 Å². The van der Waals surface area contributed by atoms with E-state index in [2.05, 4.69) is 10.1 Å². The molecule has 6 nitrogen and oxygen atoms in total. The van der Waals surface area contributed by atoms with Crippen LogP contribution in [0.2, 0.25) is 0 Å².